The predicted octanol–water partition coefficient (Wildman–Crippen LogP) is 3.14. The van der Waals surface area contributed by atoms with Crippen molar-refractivity contribution in [2.24, 2.45) is 0 Å². The maximum Gasteiger partial charge on any atom is 0.314 e. The zero-order valence-electron chi connectivity index (χ0n) is 9.54. The predicted molar refractivity (Wildman–Crippen MR) is 59.3 cm³/mol. The maximum atomic E-state index is 13.3. The van der Waals surface area contributed by atoms with Crippen LogP contribution in [0.2, 0.25) is 0 Å². The number of halogens is 2. The monoisotopic (exact) mass is 240 g/mol. The molecule has 0 saturated heterocycles. The van der Waals surface area contributed by atoms with Crippen molar-refractivity contribution in [3.8, 4) is 0 Å². The first kappa shape index (κ1) is 12.0. The Balaban J connectivity index is 2.43. The fourth-order valence-electron chi connectivity index (χ4n) is 2.44. The first-order valence-corrected chi connectivity index (χ1v) is 5.54. The van der Waals surface area contributed by atoms with E-state index < -0.39 is 23.7 Å². The number of aryl methyl sites for hydroxylation is 1. The molecule has 2 rings (SSSR count). The number of aliphatic carboxylic acids is 1. The second-order valence-corrected chi connectivity index (χ2v) is 4.79. The Morgan fingerprint density at radius 1 is 1.24 bits per heavy atom. The zero-order chi connectivity index (χ0) is 12.7. The Labute approximate surface area is 98.3 Å². The number of benzene rings is 1. The Hall–Kier alpha value is -1.45. The van der Waals surface area contributed by atoms with Crippen LogP contribution in [0.25, 0.3) is 0 Å². The molecule has 17 heavy (non-hydrogen) atoms. The summed E-state index contributed by atoms with van der Waals surface area (Å²) < 4.78 is 26.6. The van der Waals surface area contributed by atoms with Gasteiger partial charge in [-0.1, -0.05) is 29.8 Å². The summed E-state index contributed by atoms with van der Waals surface area (Å²) in [6.07, 6.45) is -0.954. The van der Waals surface area contributed by atoms with Gasteiger partial charge in [0.25, 0.3) is 0 Å². The molecule has 0 aromatic heterocycles. The molecule has 0 amide bonds. The molecule has 2 nitrogen and oxygen atoms in total. The number of carboxylic acids is 1. The molecule has 1 aliphatic carbocycles. The second kappa shape index (κ2) is 3.79. The average Bonchev–Trinajstić information content (AvgIpc) is 2.57. The van der Waals surface area contributed by atoms with E-state index in [0.29, 0.717) is 5.56 Å². The summed E-state index contributed by atoms with van der Waals surface area (Å²) in [5.41, 5.74) is 0.0452. The van der Waals surface area contributed by atoms with E-state index in [1.165, 1.54) is 0 Å². The van der Waals surface area contributed by atoms with Crippen LogP contribution in [0.1, 0.15) is 30.4 Å². The lowest BCUT2D eigenvalue weighted by Crippen LogP contribution is -2.34. The van der Waals surface area contributed by atoms with Crippen molar-refractivity contribution < 1.29 is 18.7 Å². The number of carbonyl (C=O) groups is 1. The third-order valence-electron chi connectivity index (χ3n) is 3.49. The quantitative estimate of drug-likeness (QED) is 0.862. The van der Waals surface area contributed by atoms with Crippen LogP contribution in [0.15, 0.2) is 24.3 Å². The Kier molecular flexibility index (Phi) is 2.68. The van der Waals surface area contributed by atoms with Crippen molar-refractivity contribution >= 4 is 5.97 Å². The fourth-order valence-corrected chi connectivity index (χ4v) is 2.44. The fraction of sp³-hybridized carbons (Fsp3) is 0.462. The van der Waals surface area contributed by atoms with Crippen molar-refractivity contribution in [1.29, 1.82) is 0 Å². The summed E-state index contributed by atoms with van der Waals surface area (Å²) in [5.74, 6) is -4.03. The van der Waals surface area contributed by atoms with E-state index in [4.69, 9.17) is 0 Å². The number of hydrogen-bond donors (Lipinski definition) is 1. The van der Waals surface area contributed by atoms with Gasteiger partial charge in [-0.2, -0.15) is 0 Å². The van der Waals surface area contributed by atoms with Gasteiger partial charge < -0.3 is 5.11 Å². The van der Waals surface area contributed by atoms with Crippen molar-refractivity contribution in [1.82, 2.24) is 0 Å². The molecule has 92 valence electrons. The van der Waals surface area contributed by atoms with Crippen LogP contribution < -0.4 is 0 Å². The largest absolute Gasteiger partial charge is 0.481 e. The highest BCUT2D eigenvalue weighted by molar-refractivity contribution is 5.82. The summed E-state index contributed by atoms with van der Waals surface area (Å²) in [4.78, 5) is 11.4. The maximum absolute atomic E-state index is 13.3. The normalized spacial score (nSPS) is 27.0. The van der Waals surface area contributed by atoms with Gasteiger partial charge in [0.2, 0.25) is 5.92 Å². The van der Waals surface area contributed by atoms with E-state index in [-0.39, 0.29) is 12.8 Å². The molecule has 1 aliphatic rings. The summed E-state index contributed by atoms with van der Waals surface area (Å²) >= 11 is 0. The molecule has 1 unspecified atom stereocenters. The van der Waals surface area contributed by atoms with Gasteiger partial charge in [0, 0.05) is 12.8 Å². The second-order valence-electron chi connectivity index (χ2n) is 4.79. The van der Waals surface area contributed by atoms with Gasteiger partial charge in [-0.05, 0) is 18.9 Å². The summed E-state index contributed by atoms with van der Waals surface area (Å²) in [7, 11) is 0. The van der Waals surface area contributed by atoms with Crippen LogP contribution in [-0.2, 0) is 10.2 Å². The summed E-state index contributed by atoms with van der Waals surface area (Å²) in [6, 6.07) is 6.81. The highest BCUT2D eigenvalue weighted by Gasteiger charge is 2.54. The molecule has 4 heteroatoms. The van der Waals surface area contributed by atoms with Crippen LogP contribution in [-0.4, -0.2) is 17.0 Å². The van der Waals surface area contributed by atoms with Gasteiger partial charge in [-0.3, -0.25) is 4.79 Å². The number of hydrogen-bond acceptors (Lipinski definition) is 1. The first-order valence-electron chi connectivity index (χ1n) is 5.54. The van der Waals surface area contributed by atoms with Gasteiger partial charge >= 0.3 is 5.97 Å². The van der Waals surface area contributed by atoms with Crippen molar-refractivity contribution in [2.75, 3.05) is 0 Å². The molecule has 0 heterocycles. The molecule has 0 radical (unpaired) electrons. The third-order valence-corrected chi connectivity index (χ3v) is 3.49. The molecule has 0 bridgehead atoms. The molecule has 1 aromatic rings. The first-order chi connectivity index (χ1) is 7.86. The Morgan fingerprint density at radius 2 is 1.82 bits per heavy atom. The molecular formula is C13H14F2O2. The summed E-state index contributed by atoms with van der Waals surface area (Å²) in [6.45, 7) is 1.88. The van der Waals surface area contributed by atoms with E-state index in [2.05, 4.69) is 0 Å². The van der Waals surface area contributed by atoms with E-state index in [9.17, 15) is 18.7 Å². The SMILES string of the molecule is Cc1ccc(C2(C(=O)O)CCC(F)(F)C2)cc1. The van der Waals surface area contributed by atoms with Crippen molar-refractivity contribution in [3.05, 3.63) is 35.4 Å². The number of carboxylic acid groups (broad SMARTS) is 1. The Morgan fingerprint density at radius 3 is 2.24 bits per heavy atom. The molecule has 1 N–H and O–H groups in total. The minimum Gasteiger partial charge on any atom is -0.481 e. The minimum atomic E-state index is -2.87. The molecule has 0 aliphatic heterocycles. The third kappa shape index (κ3) is 2.04. The van der Waals surface area contributed by atoms with Gasteiger partial charge in [0.05, 0.1) is 5.41 Å². The van der Waals surface area contributed by atoms with Crippen LogP contribution in [0, 0.1) is 6.92 Å². The highest BCUT2D eigenvalue weighted by atomic mass is 19.3. The van der Waals surface area contributed by atoms with E-state index in [0.717, 1.165) is 5.56 Å². The van der Waals surface area contributed by atoms with E-state index in [1.54, 1.807) is 24.3 Å². The molecule has 1 aromatic carbocycles. The van der Waals surface area contributed by atoms with Crippen LogP contribution in [0.3, 0.4) is 0 Å². The standard InChI is InChI=1S/C13H14F2O2/c1-9-2-4-10(5-3-9)12(11(16)17)6-7-13(14,15)8-12/h2-5H,6-8H2,1H3,(H,16,17). The zero-order valence-corrected chi connectivity index (χ0v) is 9.54. The average molecular weight is 240 g/mol. The number of rotatable bonds is 2. The van der Waals surface area contributed by atoms with Gasteiger partial charge in [-0.25, -0.2) is 8.78 Å². The lowest BCUT2D eigenvalue weighted by Gasteiger charge is -2.24. The van der Waals surface area contributed by atoms with Crippen molar-refractivity contribution in [3.63, 3.8) is 0 Å². The van der Waals surface area contributed by atoms with Gasteiger partial charge in [0.1, 0.15) is 0 Å². The van der Waals surface area contributed by atoms with Crippen LogP contribution in [0.5, 0.6) is 0 Å². The number of alkyl halides is 2. The highest BCUT2D eigenvalue weighted by Crippen LogP contribution is 2.49. The van der Waals surface area contributed by atoms with Crippen molar-refractivity contribution in [2.45, 2.75) is 37.5 Å². The summed E-state index contributed by atoms with van der Waals surface area (Å²) in [5, 5.41) is 9.29. The van der Waals surface area contributed by atoms with Gasteiger partial charge in [0.15, 0.2) is 0 Å². The van der Waals surface area contributed by atoms with E-state index in [1.807, 2.05) is 6.92 Å². The molecule has 0 spiro atoms. The topological polar surface area (TPSA) is 37.3 Å². The lowest BCUT2D eigenvalue weighted by molar-refractivity contribution is -0.144. The Bertz CT molecular complexity index is 439. The molecule has 1 atom stereocenters. The minimum absolute atomic E-state index is 0.00159. The smallest absolute Gasteiger partial charge is 0.314 e. The van der Waals surface area contributed by atoms with E-state index >= 15 is 0 Å². The van der Waals surface area contributed by atoms with Crippen LogP contribution >= 0.6 is 0 Å². The lowest BCUT2D eigenvalue weighted by atomic mass is 9.78. The molecule has 1 saturated carbocycles. The van der Waals surface area contributed by atoms with Gasteiger partial charge in [-0.15, -0.1) is 0 Å². The molecule has 1 fully saturated rings. The molecular weight excluding hydrogens is 226 g/mol. The van der Waals surface area contributed by atoms with Crippen LogP contribution in [0.4, 0.5) is 8.78 Å².